The second kappa shape index (κ2) is 9.28. The number of benzene rings is 2. The van der Waals surface area contributed by atoms with Crippen LogP contribution in [-0.4, -0.2) is 36.9 Å². The molecule has 27 heavy (non-hydrogen) atoms. The fraction of sp³-hybridized carbons (Fsp3) is 0.333. The van der Waals surface area contributed by atoms with Gasteiger partial charge in [0.05, 0.1) is 13.1 Å². The van der Waals surface area contributed by atoms with E-state index in [0.717, 1.165) is 27.9 Å². The monoisotopic (exact) mass is 371 g/mol. The third kappa shape index (κ3) is 6.49. The van der Waals surface area contributed by atoms with E-state index in [1.807, 2.05) is 32.9 Å². The smallest absolute Gasteiger partial charge is 0.238 e. The number of nitrogens with zero attached hydrogens (tertiary/aromatic N) is 1. The third-order valence-electron chi connectivity index (χ3n) is 4.17. The van der Waals surface area contributed by atoms with Crippen LogP contribution in [0.4, 0.5) is 10.1 Å². The Labute approximate surface area is 159 Å². The van der Waals surface area contributed by atoms with Crippen molar-refractivity contribution in [3.05, 3.63) is 64.5 Å². The van der Waals surface area contributed by atoms with E-state index in [1.54, 1.807) is 24.1 Å². The van der Waals surface area contributed by atoms with E-state index in [9.17, 15) is 14.0 Å². The van der Waals surface area contributed by atoms with Gasteiger partial charge >= 0.3 is 0 Å². The lowest BCUT2D eigenvalue weighted by atomic mass is 10.1. The molecule has 0 unspecified atom stereocenters. The van der Waals surface area contributed by atoms with Crippen LogP contribution >= 0.6 is 0 Å². The molecule has 2 aromatic carbocycles. The molecule has 0 bridgehead atoms. The maximum absolute atomic E-state index is 12.9. The van der Waals surface area contributed by atoms with E-state index in [1.165, 1.54) is 12.1 Å². The lowest BCUT2D eigenvalue weighted by molar-refractivity contribution is -0.123. The van der Waals surface area contributed by atoms with Gasteiger partial charge in [0.25, 0.3) is 0 Å². The van der Waals surface area contributed by atoms with E-state index in [2.05, 4.69) is 10.6 Å². The maximum Gasteiger partial charge on any atom is 0.238 e. The number of carbonyl (C=O) groups is 2. The fourth-order valence-corrected chi connectivity index (χ4v) is 2.96. The van der Waals surface area contributed by atoms with Crippen LogP contribution in [0.25, 0.3) is 0 Å². The quantitative estimate of drug-likeness (QED) is 0.787. The summed E-state index contributed by atoms with van der Waals surface area (Å²) in [6.45, 7) is 6.46. The van der Waals surface area contributed by atoms with Crippen molar-refractivity contribution >= 4 is 17.5 Å². The van der Waals surface area contributed by atoms with Gasteiger partial charge in [0.1, 0.15) is 5.82 Å². The van der Waals surface area contributed by atoms with E-state index >= 15 is 0 Å². The second-order valence-electron chi connectivity index (χ2n) is 6.90. The first kappa shape index (κ1) is 20.6. The Balaban J connectivity index is 1.80. The van der Waals surface area contributed by atoms with E-state index < -0.39 is 0 Å². The Bertz CT molecular complexity index is 796. The number of hydrogen-bond donors (Lipinski definition) is 2. The zero-order valence-electron chi connectivity index (χ0n) is 16.2. The average molecular weight is 371 g/mol. The Morgan fingerprint density at radius 1 is 0.963 bits per heavy atom. The molecule has 0 aliphatic rings. The number of aryl methyl sites for hydroxylation is 3. The minimum Gasteiger partial charge on any atom is -0.351 e. The third-order valence-corrected chi connectivity index (χ3v) is 4.17. The number of halogens is 1. The Morgan fingerprint density at radius 2 is 1.52 bits per heavy atom. The van der Waals surface area contributed by atoms with Crippen LogP contribution in [0.3, 0.4) is 0 Å². The van der Waals surface area contributed by atoms with Crippen molar-refractivity contribution in [2.45, 2.75) is 27.3 Å². The Hall–Kier alpha value is -2.73. The summed E-state index contributed by atoms with van der Waals surface area (Å²) in [4.78, 5) is 26.0. The van der Waals surface area contributed by atoms with Crippen LogP contribution in [0.5, 0.6) is 0 Å². The van der Waals surface area contributed by atoms with Crippen molar-refractivity contribution in [1.82, 2.24) is 10.2 Å². The molecular formula is C21H26FN3O2. The predicted octanol–water partition coefficient (Wildman–Crippen LogP) is 2.94. The molecule has 5 nitrogen and oxygen atoms in total. The molecule has 0 aromatic heterocycles. The molecule has 2 N–H and O–H groups in total. The predicted molar refractivity (Wildman–Crippen MR) is 105 cm³/mol. The lowest BCUT2D eigenvalue weighted by Crippen LogP contribution is -2.38. The van der Waals surface area contributed by atoms with Gasteiger partial charge in [-0.05, 0) is 56.6 Å². The topological polar surface area (TPSA) is 61.4 Å². The summed E-state index contributed by atoms with van der Waals surface area (Å²) in [7, 11) is 1.71. The molecule has 0 radical (unpaired) electrons. The molecular weight excluding hydrogens is 345 g/mol. The highest BCUT2D eigenvalue weighted by Gasteiger charge is 2.13. The number of hydrogen-bond acceptors (Lipinski definition) is 3. The highest BCUT2D eigenvalue weighted by molar-refractivity contribution is 5.94. The van der Waals surface area contributed by atoms with Crippen molar-refractivity contribution in [3.8, 4) is 0 Å². The molecule has 2 rings (SSSR count). The van der Waals surface area contributed by atoms with Crippen LogP contribution in [0, 0.1) is 26.6 Å². The summed E-state index contributed by atoms with van der Waals surface area (Å²) in [5, 5.41) is 5.69. The SMILES string of the molecule is Cc1cc(C)c(NC(=O)CN(C)CC(=O)NCc2ccc(F)cc2)c(C)c1. The van der Waals surface area contributed by atoms with Crippen LogP contribution in [0.1, 0.15) is 22.3 Å². The number of likely N-dealkylation sites (N-methyl/N-ethyl adjacent to an activating group) is 1. The molecule has 0 fully saturated rings. The lowest BCUT2D eigenvalue weighted by Gasteiger charge is -2.18. The van der Waals surface area contributed by atoms with Gasteiger partial charge in [-0.1, -0.05) is 29.8 Å². The molecule has 6 heteroatoms. The van der Waals surface area contributed by atoms with Crippen LogP contribution < -0.4 is 10.6 Å². The highest BCUT2D eigenvalue weighted by Crippen LogP contribution is 2.21. The molecule has 0 atom stereocenters. The highest BCUT2D eigenvalue weighted by atomic mass is 19.1. The van der Waals surface area contributed by atoms with Gasteiger partial charge in [-0.3, -0.25) is 14.5 Å². The first-order valence-electron chi connectivity index (χ1n) is 8.82. The van der Waals surface area contributed by atoms with Crippen molar-refractivity contribution in [2.24, 2.45) is 0 Å². The van der Waals surface area contributed by atoms with Crippen LogP contribution in [0.15, 0.2) is 36.4 Å². The van der Waals surface area contributed by atoms with Gasteiger partial charge in [0, 0.05) is 12.2 Å². The van der Waals surface area contributed by atoms with Crippen LogP contribution in [0.2, 0.25) is 0 Å². The molecule has 2 amide bonds. The van der Waals surface area contributed by atoms with Gasteiger partial charge in [-0.25, -0.2) is 4.39 Å². The fourth-order valence-electron chi connectivity index (χ4n) is 2.96. The van der Waals surface area contributed by atoms with Crippen molar-refractivity contribution < 1.29 is 14.0 Å². The van der Waals surface area contributed by atoms with E-state index in [-0.39, 0.29) is 30.7 Å². The summed E-state index contributed by atoms with van der Waals surface area (Å²) < 4.78 is 12.9. The van der Waals surface area contributed by atoms with Crippen molar-refractivity contribution in [3.63, 3.8) is 0 Å². The number of carbonyl (C=O) groups excluding carboxylic acids is 2. The minimum absolute atomic E-state index is 0.0977. The number of rotatable bonds is 7. The van der Waals surface area contributed by atoms with Crippen LogP contribution in [-0.2, 0) is 16.1 Å². The van der Waals surface area contributed by atoms with Crippen molar-refractivity contribution in [2.75, 3.05) is 25.5 Å². The summed E-state index contributed by atoms with van der Waals surface area (Å²) in [5.74, 6) is -0.675. The molecule has 0 saturated carbocycles. The number of nitrogens with one attached hydrogen (secondary N) is 2. The molecule has 0 aliphatic carbocycles. The molecule has 2 aromatic rings. The molecule has 0 saturated heterocycles. The second-order valence-corrected chi connectivity index (χ2v) is 6.90. The van der Waals surface area contributed by atoms with Crippen molar-refractivity contribution in [1.29, 1.82) is 0 Å². The normalized spacial score (nSPS) is 10.7. The summed E-state index contributed by atoms with van der Waals surface area (Å²) in [6, 6.07) is 10.0. The zero-order chi connectivity index (χ0) is 20.0. The molecule has 0 spiro atoms. The Kier molecular flexibility index (Phi) is 7.07. The standard InChI is InChI=1S/C21H26FN3O2/c1-14-9-15(2)21(16(3)10-14)24-20(27)13-25(4)12-19(26)23-11-17-5-7-18(22)8-6-17/h5-10H,11-13H2,1-4H3,(H,23,26)(H,24,27). The summed E-state index contributed by atoms with van der Waals surface area (Å²) >= 11 is 0. The minimum atomic E-state index is -0.310. The first-order chi connectivity index (χ1) is 12.7. The van der Waals surface area contributed by atoms with Gasteiger partial charge < -0.3 is 10.6 Å². The van der Waals surface area contributed by atoms with E-state index in [4.69, 9.17) is 0 Å². The van der Waals surface area contributed by atoms with E-state index in [0.29, 0.717) is 6.54 Å². The maximum atomic E-state index is 12.9. The zero-order valence-corrected chi connectivity index (χ0v) is 16.2. The molecule has 0 heterocycles. The van der Waals surface area contributed by atoms with Gasteiger partial charge in [-0.2, -0.15) is 0 Å². The molecule has 144 valence electrons. The molecule has 0 aliphatic heterocycles. The van der Waals surface area contributed by atoms with Gasteiger partial charge in [-0.15, -0.1) is 0 Å². The summed E-state index contributed by atoms with van der Waals surface area (Å²) in [5.41, 5.74) is 4.81. The number of amides is 2. The Morgan fingerprint density at radius 3 is 2.11 bits per heavy atom. The van der Waals surface area contributed by atoms with Gasteiger partial charge in [0.15, 0.2) is 0 Å². The average Bonchev–Trinajstić information content (AvgIpc) is 2.57. The first-order valence-corrected chi connectivity index (χ1v) is 8.82. The number of anilines is 1. The summed E-state index contributed by atoms with van der Waals surface area (Å²) in [6.07, 6.45) is 0. The largest absolute Gasteiger partial charge is 0.351 e. The van der Waals surface area contributed by atoms with Gasteiger partial charge in [0.2, 0.25) is 11.8 Å².